The lowest BCUT2D eigenvalue weighted by molar-refractivity contribution is 0.1000. The van der Waals surface area contributed by atoms with Crippen molar-refractivity contribution in [1.29, 1.82) is 0 Å². The highest BCUT2D eigenvalue weighted by atomic mass is 32.2. The zero-order valence-electron chi connectivity index (χ0n) is 10.5. The summed E-state index contributed by atoms with van der Waals surface area (Å²) < 4.78 is 29.2. The van der Waals surface area contributed by atoms with Crippen LogP contribution in [0.5, 0.6) is 5.75 Å². The number of rotatable bonds is 5. The maximum atomic E-state index is 12.1. The fraction of sp³-hybridized carbons (Fsp3) is 0.0714. The minimum atomic E-state index is -3.97. The van der Waals surface area contributed by atoms with E-state index in [9.17, 15) is 13.2 Å². The van der Waals surface area contributed by atoms with Crippen LogP contribution in [0.25, 0.3) is 0 Å². The van der Waals surface area contributed by atoms with E-state index in [4.69, 9.17) is 9.92 Å². The van der Waals surface area contributed by atoms with Gasteiger partial charge < -0.3 is 9.92 Å². The molecule has 0 saturated heterocycles. The number of nitrogens with two attached hydrogens (primary N) is 1. The van der Waals surface area contributed by atoms with Crippen molar-refractivity contribution in [3.05, 3.63) is 60.2 Å². The van der Waals surface area contributed by atoms with Crippen LogP contribution in [0.15, 0.2) is 59.5 Å². The molecule has 0 bridgehead atoms. The minimum Gasteiger partial charge on any atom is -0.378 e. The van der Waals surface area contributed by atoms with E-state index in [1.54, 1.807) is 30.3 Å². The molecule has 0 aliphatic carbocycles. The Labute approximate surface area is 117 Å². The lowest BCUT2D eigenvalue weighted by Gasteiger charge is -2.10. The van der Waals surface area contributed by atoms with Gasteiger partial charge in [0.05, 0.1) is 12.1 Å². The number of benzene rings is 2. The second kappa shape index (κ2) is 5.85. The van der Waals surface area contributed by atoms with Crippen LogP contribution >= 0.6 is 0 Å². The SMILES string of the molecule is NCC(=O)c1ccccc1OS(=O)(=O)c1ccccc1. The second-order valence-electron chi connectivity index (χ2n) is 3.97. The first-order valence-electron chi connectivity index (χ1n) is 5.86. The first-order valence-corrected chi connectivity index (χ1v) is 7.27. The van der Waals surface area contributed by atoms with E-state index in [2.05, 4.69) is 0 Å². The van der Waals surface area contributed by atoms with Crippen molar-refractivity contribution in [3.63, 3.8) is 0 Å². The van der Waals surface area contributed by atoms with Crippen LogP contribution < -0.4 is 9.92 Å². The Balaban J connectivity index is 2.38. The molecule has 0 saturated carbocycles. The van der Waals surface area contributed by atoms with Gasteiger partial charge in [-0.15, -0.1) is 0 Å². The van der Waals surface area contributed by atoms with Crippen LogP contribution in [-0.2, 0) is 10.1 Å². The molecule has 5 nitrogen and oxygen atoms in total. The Morgan fingerprint density at radius 1 is 1.00 bits per heavy atom. The van der Waals surface area contributed by atoms with E-state index in [0.717, 1.165) is 0 Å². The number of carbonyl (C=O) groups is 1. The first-order chi connectivity index (χ1) is 9.54. The second-order valence-corrected chi connectivity index (χ2v) is 5.52. The van der Waals surface area contributed by atoms with Crippen molar-refractivity contribution in [3.8, 4) is 5.75 Å². The maximum absolute atomic E-state index is 12.1. The van der Waals surface area contributed by atoms with E-state index in [0.29, 0.717) is 0 Å². The highest BCUT2D eigenvalue weighted by Gasteiger charge is 2.19. The molecule has 6 heteroatoms. The minimum absolute atomic E-state index is 0.0215. The molecule has 0 radical (unpaired) electrons. The van der Waals surface area contributed by atoms with Crippen molar-refractivity contribution in [2.75, 3.05) is 6.54 Å². The molecule has 2 N–H and O–H groups in total. The molecule has 0 aliphatic rings. The van der Waals surface area contributed by atoms with E-state index >= 15 is 0 Å². The van der Waals surface area contributed by atoms with Crippen molar-refractivity contribution < 1.29 is 17.4 Å². The molecule has 2 aromatic rings. The van der Waals surface area contributed by atoms with Gasteiger partial charge in [0.1, 0.15) is 4.90 Å². The molecule has 0 aromatic heterocycles. The topological polar surface area (TPSA) is 86.5 Å². The monoisotopic (exact) mass is 291 g/mol. The average Bonchev–Trinajstić information content (AvgIpc) is 2.47. The molecule has 0 atom stereocenters. The predicted molar refractivity (Wildman–Crippen MR) is 74.1 cm³/mol. The van der Waals surface area contributed by atoms with Crippen molar-refractivity contribution in [2.45, 2.75) is 4.90 Å². The van der Waals surface area contributed by atoms with Gasteiger partial charge in [-0.25, -0.2) is 0 Å². The summed E-state index contributed by atoms with van der Waals surface area (Å²) in [6.07, 6.45) is 0. The first kappa shape index (κ1) is 14.2. The van der Waals surface area contributed by atoms with Crippen LogP contribution in [0.4, 0.5) is 0 Å². The summed E-state index contributed by atoms with van der Waals surface area (Å²) in [5.74, 6) is -0.407. The number of Topliss-reactive ketones (excluding diaryl/α,β-unsaturated/α-hetero) is 1. The maximum Gasteiger partial charge on any atom is 0.339 e. The Kier molecular flexibility index (Phi) is 4.16. The normalized spacial score (nSPS) is 11.1. The molecule has 0 spiro atoms. The third-order valence-electron chi connectivity index (χ3n) is 2.60. The zero-order chi connectivity index (χ0) is 14.6. The van der Waals surface area contributed by atoms with Crippen LogP contribution in [0.2, 0.25) is 0 Å². The van der Waals surface area contributed by atoms with Crippen molar-refractivity contribution in [1.82, 2.24) is 0 Å². The quantitative estimate of drug-likeness (QED) is 0.668. The summed E-state index contributed by atoms with van der Waals surface area (Å²) in [5.41, 5.74) is 5.44. The molecule has 0 heterocycles. The van der Waals surface area contributed by atoms with Crippen LogP contribution in [0, 0.1) is 0 Å². The summed E-state index contributed by atoms with van der Waals surface area (Å²) in [6.45, 7) is -0.217. The molecule has 2 rings (SSSR count). The number of hydrogen-bond acceptors (Lipinski definition) is 5. The third-order valence-corrected chi connectivity index (χ3v) is 3.85. The van der Waals surface area contributed by atoms with Gasteiger partial charge in [0, 0.05) is 0 Å². The highest BCUT2D eigenvalue weighted by Crippen LogP contribution is 2.23. The lowest BCUT2D eigenvalue weighted by Crippen LogP contribution is -2.17. The van der Waals surface area contributed by atoms with Crippen molar-refractivity contribution >= 4 is 15.9 Å². The fourth-order valence-electron chi connectivity index (χ4n) is 1.63. The molecule has 0 amide bonds. The average molecular weight is 291 g/mol. The standard InChI is InChI=1S/C14H13NO4S/c15-10-13(16)12-8-4-5-9-14(12)19-20(17,18)11-6-2-1-3-7-11/h1-9H,10,15H2. The molecule has 20 heavy (non-hydrogen) atoms. The third kappa shape index (κ3) is 3.04. The van der Waals surface area contributed by atoms with E-state index in [-0.39, 0.29) is 28.5 Å². The molecular weight excluding hydrogens is 278 g/mol. The van der Waals surface area contributed by atoms with Gasteiger partial charge in [-0.1, -0.05) is 30.3 Å². The van der Waals surface area contributed by atoms with Crippen molar-refractivity contribution in [2.24, 2.45) is 5.73 Å². The van der Waals surface area contributed by atoms with Gasteiger partial charge in [-0.3, -0.25) is 4.79 Å². The molecule has 0 aliphatic heterocycles. The number of carbonyl (C=O) groups excluding carboxylic acids is 1. The largest absolute Gasteiger partial charge is 0.378 e. The summed E-state index contributed by atoms with van der Waals surface area (Å²) >= 11 is 0. The Morgan fingerprint density at radius 2 is 1.60 bits per heavy atom. The summed E-state index contributed by atoms with van der Waals surface area (Å²) in [7, 11) is -3.97. The Morgan fingerprint density at radius 3 is 2.25 bits per heavy atom. The van der Waals surface area contributed by atoms with Gasteiger partial charge in [0.25, 0.3) is 0 Å². The fourth-order valence-corrected chi connectivity index (χ4v) is 2.60. The smallest absolute Gasteiger partial charge is 0.339 e. The van der Waals surface area contributed by atoms with Gasteiger partial charge in [0.2, 0.25) is 0 Å². The Bertz CT molecular complexity index is 711. The van der Waals surface area contributed by atoms with Gasteiger partial charge in [-0.2, -0.15) is 8.42 Å². The molecule has 104 valence electrons. The Hall–Kier alpha value is -2.18. The van der Waals surface area contributed by atoms with Gasteiger partial charge in [-0.05, 0) is 24.3 Å². The summed E-state index contributed by atoms with van der Waals surface area (Å²) in [5, 5.41) is 0. The molecule has 0 fully saturated rings. The van der Waals surface area contributed by atoms with E-state index in [1.165, 1.54) is 24.3 Å². The van der Waals surface area contributed by atoms with Crippen LogP contribution in [0.1, 0.15) is 10.4 Å². The van der Waals surface area contributed by atoms with Gasteiger partial charge in [0.15, 0.2) is 11.5 Å². The summed E-state index contributed by atoms with van der Waals surface area (Å²) in [6, 6.07) is 13.8. The highest BCUT2D eigenvalue weighted by molar-refractivity contribution is 7.87. The summed E-state index contributed by atoms with van der Waals surface area (Å²) in [4.78, 5) is 11.7. The number of ketones is 1. The molecule has 0 unspecified atom stereocenters. The van der Waals surface area contributed by atoms with Gasteiger partial charge >= 0.3 is 10.1 Å². The lowest BCUT2D eigenvalue weighted by atomic mass is 10.1. The number of para-hydroxylation sites is 1. The molecule has 2 aromatic carbocycles. The molecular formula is C14H13NO4S. The predicted octanol–water partition coefficient (Wildman–Crippen LogP) is 1.60. The zero-order valence-corrected chi connectivity index (χ0v) is 11.3. The van der Waals surface area contributed by atoms with E-state index in [1.807, 2.05) is 0 Å². The van der Waals surface area contributed by atoms with Crippen LogP contribution in [0.3, 0.4) is 0 Å². The van der Waals surface area contributed by atoms with Crippen LogP contribution in [-0.4, -0.2) is 20.7 Å². The van der Waals surface area contributed by atoms with E-state index < -0.39 is 10.1 Å². The number of hydrogen-bond donors (Lipinski definition) is 1.